The lowest BCUT2D eigenvalue weighted by Crippen LogP contribution is -2.10. The summed E-state index contributed by atoms with van der Waals surface area (Å²) in [5, 5.41) is 6.18. The molecule has 0 spiro atoms. The van der Waals surface area contributed by atoms with Crippen molar-refractivity contribution in [3.63, 3.8) is 0 Å². The first kappa shape index (κ1) is 13.6. The zero-order valence-corrected chi connectivity index (χ0v) is 10.2. The van der Waals surface area contributed by atoms with E-state index in [0.29, 0.717) is 18.9 Å². The van der Waals surface area contributed by atoms with Crippen molar-refractivity contribution in [2.75, 3.05) is 39.3 Å². The fourth-order valence-corrected chi connectivity index (χ4v) is 1.52. The molecule has 0 aliphatic heterocycles. The van der Waals surface area contributed by atoms with E-state index in [2.05, 4.69) is 10.5 Å². The average molecular weight is 238 g/mol. The Hall–Kier alpha value is -1.46. The van der Waals surface area contributed by atoms with Crippen molar-refractivity contribution in [3.05, 3.63) is 28.7 Å². The van der Waals surface area contributed by atoms with Crippen molar-refractivity contribution in [2.24, 2.45) is 5.18 Å². The van der Waals surface area contributed by atoms with Crippen LogP contribution in [0.3, 0.4) is 0 Å². The van der Waals surface area contributed by atoms with Gasteiger partial charge in [-0.15, -0.1) is 4.91 Å². The largest absolute Gasteiger partial charge is 0.384 e. The summed E-state index contributed by atoms with van der Waals surface area (Å²) >= 11 is 0. The molecule has 0 aromatic heterocycles. The summed E-state index contributed by atoms with van der Waals surface area (Å²) in [6.07, 6.45) is 0.745. The molecule has 0 saturated heterocycles. The van der Waals surface area contributed by atoms with E-state index in [-0.39, 0.29) is 0 Å². The molecule has 0 saturated carbocycles. The van der Waals surface area contributed by atoms with E-state index in [1.54, 1.807) is 26.4 Å². The lowest BCUT2D eigenvalue weighted by atomic mass is 10.1. The molecule has 0 radical (unpaired) electrons. The van der Waals surface area contributed by atoms with Gasteiger partial charge in [-0.3, -0.25) is 0 Å². The SMILES string of the molecule is COCCNc1ccc(N=O)cc1CCOC. The van der Waals surface area contributed by atoms with Crippen molar-refractivity contribution in [1.82, 2.24) is 0 Å². The molecule has 0 atom stereocenters. The topological polar surface area (TPSA) is 59.9 Å². The van der Waals surface area contributed by atoms with Gasteiger partial charge in [0.25, 0.3) is 0 Å². The number of anilines is 1. The maximum atomic E-state index is 10.5. The van der Waals surface area contributed by atoms with Crippen LogP contribution in [0.2, 0.25) is 0 Å². The maximum Gasteiger partial charge on any atom is 0.108 e. The first-order valence-electron chi connectivity index (χ1n) is 5.50. The molecule has 0 aliphatic carbocycles. The highest BCUT2D eigenvalue weighted by Gasteiger charge is 2.04. The summed E-state index contributed by atoms with van der Waals surface area (Å²) in [5.41, 5.74) is 2.46. The molecule has 0 fully saturated rings. The Morgan fingerprint density at radius 1 is 1.24 bits per heavy atom. The molecular weight excluding hydrogens is 220 g/mol. The Bertz CT molecular complexity index is 356. The smallest absolute Gasteiger partial charge is 0.108 e. The summed E-state index contributed by atoms with van der Waals surface area (Å²) in [5.74, 6) is 0. The molecule has 1 aromatic rings. The van der Waals surface area contributed by atoms with Crippen molar-refractivity contribution >= 4 is 11.4 Å². The number of nitroso groups, excluding NO2 is 1. The van der Waals surface area contributed by atoms with Crippen LogP contribution in [0.25, 0.3) is 0 Å². The van der Waals surface area contributed by atoms with Crippen LogP contribution >= 0.6 is 0 Å². The van der Waals surface area contributed by atoms with Crippen LogP contribution in [0.15, 0.2) is 23.4 Å². The highest BCUT2D eigenvalue weighted by molar-refractivity contribution is 5.57. The van der Waals surface area contributed by atoms with Crippen LogP contribution in [0.1, 0.15) is 5.56 Å². The van der Waals surface area contributed by atoms with Gasteiger partial charge < -0.3 is 14.8 Å². The number of hydrogen-bond donors (Lipinski definition) is 1. The van der Waals surface area contributed by atoms with E-state index in [1.807, 2.05) is 6.07 Å². The van der Waals surface area contributed by atoms with Gasteiger partial charge in [0.05, 0.1) is 13.2 Å². The quantitative estimate of drug-likeness (QED) is 0.557. The minimum Gasteiger partial charge on any atom is -0.384 e. The number of nitrogens with one attached hydrogen (secondary N) is 1. The first-order chi connectivity index (χ1) is 8.31. The highest BCUT2D eigenvalue weighted by Crippen LogP contribution is 2.22. The van der Waals surface area contributed by atoms with Gasteiger partial charge in [-0.05, 0) is 35.4 Å². The predicted octanol–water partition coefficient (Wildman–Crippen LogP) is 2.33. The van der Waals surface area contributed by atoms with Gasteiger partial charge in [0.1, 0.15) is 5.69 Å². The number of methoxy groups -OCH3 is 2. The van der Waals surface area contributed by atoms with Gasteiger partial charge in [-0.25, -0.2) is 0 Å². The number of nitrogens with zero attached hydrogens (tertiary/aromatic N) is 1. The summed E-state index contributed by atoms with van der Waals surface area (Å²) in [4.78, 5) is 10.5. The zero-order valence-electron chi connectivity index (χ0n) is 10.2. The fourth-order valence-electron chi connectivity index (χ4n) is 1.52. The van der Waals surface area contributed by atoms with Crippen LogP contribution < -0.4 is 5.32 Å². The van der Waals surface area contributed by atoms with Crippen molar-refractivity contribution in [1.29, 1.82) is 0 Å². The summed E-state index contributed by atoms with van der Waals surface area (Å²) in [6, 6.07) is 5.33. The number of hydrogen-bond acceptors (Lipinski definition) is 5. The molecule has 0 bridgehead atoms. The number of benzene rings is 1. The Balaban J connectivity index is 2.74. The minimum absolute atomic E-state index is 0.438. The van der Waals surface area contributed by atoms with E-state index < -0.39 is 0 Å². The fraction of sp³-hybridized carbons (Fsp3) is 0.500. The van der Waals surface area contributed by atoms with E-state index in [1.165, 1.54) is 0 Å². The third-order valence-corrected chi connectivity index (χ3v) is 2.39. The average Bonchev–Trinajstić information content (AvgIpc) is 2.37. The van der Waals surface area contributed by atoms with Gasteiger partial charge in [0.15, 0.2) is 0 Å². The van der Waals surface area contributed by atoms with Gasteiger partial charge in [-0.2, -0.15) is 0 Å². The molecule has 0 amide bonds. The summed E-state index contributed by atoms with van der Waals surface area (Å²) in [7, 11) is 3.31. The van der Waals surface area contributed by atoms with Crippen LogP contribution in [-0.2, 0) is 15.9 Å². The molecule has 1 rings (SSSR count). The third kappa shape index (κ3) is 4.50. The monoisotopic (exact) mass is 238 g/mol. The number of ether oxygens (including phenoxy) is 2. The van der Waals surface area contributed by atoms with Crippen molar-refractivity contribution in [2.45, 2.75) is 6.42 Å². The molecule has 17 heavy (non-hydrogen) atoms. The second kappa shape index (κ2) is 7.76. The maximum absolute atomic E-state index is 10.5. The molecule has 0 unspecified atom stereocenters. The van der Waals surface area contributed by atoms with Gasteiger partial charge in [0.2, 0.25) is 0 Å². The van der Waals surface area contributed by atoms with Crippen LogP contribution in [-0.4, -0.2) is 34.0 Å². The molecule has 5 heteroatoms. The summed E-state index contributed by atoms with van der Waals surface area (Å²) < 4.78 is 10.0. The van der Waals surface area contributed by atoms with E-state index in [4.69, 9.17) is 9.47 Å². The van der Waals surface area contributed by atoms with Crippen LogP contribution in [0.4, 0.5) is 11.4 Å². The Morgan fingerprint density at radius 2 is 2.00 bits per heavy atom. The van der Waals surface area contributed by atoms with Crippen LogP contribution in [0, 0.1) is 4.91 Å². The minimum atomic E-state index is 0.438. The first-order valence-corrected chi connectivity index (χ1v) is 5.50. The van der Waals surface area contributed by atoms with Crippen LogP contribution in [0.5, 0.6) is 0 Å². The Labute approximate surface area is 101 Å². The standard InChI is InChI=1S/C12H18N2O3/c1-16-7-5-10-9-11(14-15)3-4-12(10)13-6-8-17-2/h3-4,9,13H,5-8H2,1-2H3. The highest BCUT2D eigenvalue weighted by atomic mass is 16.5. The Kier molecular flexibility index (Phi) is 6.21. The van der Waals surface area contributed by atoms with E-state index in [9.17, 15) is 4.91 Å². The predicted molar refractivity (Wildman–Crippen MR) is 67.8 cm³/mol. The van der Waals surface area contributed by atoms with E-state index >= 15 is 0 Å². The van der Waals surface area contributed by atoms with Crippen molar-refractivity contribution in [3.8, 4) is 0 Å². The molecule has 5 nitrogen and oxygen atoms in total. The molecule has 0 heterocycles. The molecule has 1 N–H and O–H groups in total. The normalized spacial score (nSPS) is 10.2. The lowest BCUT2D eigenvalue weighted by molar-refractivity contribution is 0.202. The molecule has 94 valence electrons. The van der Waals surface area contributed by atoms with E-state index in [0.717, 1.165) is 24.2 Å². The molecular formula is C12H18N2O3. The summed E-state index contributed by atoms with van der Waals surface area (Å²) in [6.45, 7) is 1.98. The second-order valence-corrected chi connectivity index (χ2v) is 3.60. The molecule has 1 aromatic carbocycles. The van der Waals surface area contributed by atoms with Gasteiger partial charge in [0, 0.05) is 26.5 Å². The third-order valence-electron chi connectivity index (χ3n) is 2.39. The number of rotatable bonds is 8. The van der Waals surface area contributed by atoms with Gasteiger partial charge >= 0.3 is 0 Å². The lowest BCUT2D eigenvalue weighted by Gasteiger charge is -2.11. The zero-order chi connectivity index (χ0) is 12.5. The van der Waals surface area contributed by atoms with Gasteiger partial charge in [-0.1, -0.05) is 0 Å². The Morgan fingerprint density at radius 3 is 2.65 bits per heavy atom. The van der Waals surface area contributed by atoms with Crippen molar-refractivity contribution < 1.29 is 9.47 Å². The second-order valence-electron chi connectivity index (χ2n) is 3.60. The molecule has 0 aliphatic rings.